The van der Waals surface area contributed by atoms with Crippen LogP contribution in [0, 0.1) is 11.8 Å². The molecular formula is C47H92O11. The molecule has 2 heterocycles. The van der Waals surface area contributed by atoms with E-state index in [1.165, 1.54) is 141 Å². The summed E-state index contributed by atoms with van der Waals surface area (Å²) >= 11 is 0. The van der Waals surface area contributed by atoms with E-state index in [1.807, 2.05) is 0 Å². The minimum absolute atomic E-state index is 0.185. The molecule has 7 N–H and O–H groups in total. The fourth-order valence-corrected chi connectivity index (χ4v) is 8.52. The minimum Gasteiger partial charge on any atom is -0.394 e. The minimum atomic E-state index is -1.71. The molecule has 0 amide bonds. The van der Waals surface area contributed by atoms with Crippen LogP contribution in [-0.4, -0.2) is 116 Å². The largest absolute Gasteiger partial charge is 0.394 e. The van der Waals surface area contributed by atoms with E-state index < -0.39 is 74.6 Å². The van der Waals surface area contributed by atoms with E-state index in [0.29, 0.717) is 0 Å². The lowest BCUT2D eigenvalue weighted by Gasteiger charge is -2.46. The third kappa shape index (κ3) is 22.6. The predicted octanol–water partition coefficient (Wildman–Crippen LogP) is 8.23. The van der Waals surface area contributed by atoms with Crippen LogP contribution in [0.25, 0.3) is 0 Å². The molecular weight excluding hydrogens is 741 g/mol. The van der Waals surface area contributed by atoms with Gasteiger partial charge in [-0.25, -0.2) is 0 Å². The molecule has 2 aliphatic rings. The van der Waals surface area contributed by atoms with Gasteiger partial charge in [-0.2, -0.15) is 0 Å². The van der Waals surface area contributed by atoms with Crippen LogP contribution in [0.1, 0.15) is 207 Å². The molecule has 0 aromatic heterocycles. The Morgan fingerprint density at radius 1 is 0.379 bits per heavy atom. The fourth-order valence-electron chi connectivity index (χ4n) is 8.52. The van der Waals surface area contributed by atoms with E-state index in [1.54, 1.807) is 0 Å². The quantitative estimate of drug-likeness (QED) is 0.0303. The number of hydrogen-bond donors (Lipinski definition) is 7. The second-order valence-corrected chi connectivity index (χ2v) is 18.7. The Bertz CT molecular complexity index is 900. The lowest BCUT2D eigenvalue weighted by molar-refractivity contribution is -0.363. The van der Waals surface area contributed by atoms with E-state index in [4.69, 9.17) is 18.9 Å². The molecule has 11 heteroatoms. The summed E-state index contributed by atoms with van der Waals surface area (Å²) in [6, 6.07) is 0. The van der Waals surface area contributed by atoms with E-state index in [2.05, 4.69) is 27.7 Å². The average molecular weight is 833 g/mol. The summed E-state index contributed by atoms with van der Waals surface area (Å²) < 4.78 is 23.6. The van der Waals surface area contributed by atoms with Gasteiger partial charge >= 0.3 is 0 Å². The Morgan fingerprint density at radius 2 is 0.707 bits per heavy atom. The van der Waals surface area contributed by atoms with Crippen LogP contribution in [0.4, 0.5) is 0 Å². The normalized spacial score (nSPS) is 28.0. The van der Waals surface area contributed by atoms with Gasteiger partial charge in [0.2, 0.25) is 0 Å². The van der Waals surface area contributed by atoms with E-state index in [9.17, 15) is 35.7 Å². The third-order valence-corrected chi connectivity index (χ3v) is 12.4. The van der Waals surface area contributed by atoms with Crippen molar-refractivity contribution in [3.05, 3.63) is 0 Å². The van der Waals surface area contributed by atoms with Crippen molar-refractivity contribution in [2.45, 2.75) is 275 Å². The van der Waals surface area contributed by atoms with Gasteiger partial charge in [-0.05, 0) is 24.7 Å². The summed E-state index contributed by atoms with van der Waals surface area (Å²) in [6.45, 7) is 8.00. The first-order valence-corrected chi connectivity index (χ1v) is 24.2. The molecule has 11 nitrogen and oxygen atoms in total. The van der Waals surface area contributed by atoms with Crippen LogP contribution >= 0.6 is 0 Å². The topological polar surface area (TPSA) is 179 Å². The summed E-state index contributed by atoms with van der Waals surface area (Å²) in [4.78, 5) is 0. The Hall–Kier alpha value is -0.440. The standard InChI is InChI=1S/C47H92O11/c1-35(2)29-25-21-17-13-9-5-7-11-15-19-23-27-31-37(32-28-24-20-16-12-8-6-10-14-18-22-26-30-36(3)4)55-46-44(54)42(52)45(39(34-49)57-46)58-47-43(53)41(51)40(50)38(33-48)56-47/h35-54H,5-34H2,1-4H3/t38-,39-,40+,41-,42+,43-,44-,45-,46+,47+/m0/s1. The Balaban J connectivity index is 1.79. The van der Waals surface area contributed by atoms with Crippen LogP contribution < -0.4 is 0 Å². The molecule has 0 saturated carbocycles. The van der Waals surface area contributed by atoms with Crippen molar-refractivity contribution in [1.29, 1.82) is 0 Å². The monoisotopic (exact) mass is 833 g/mol. The number of hydrogen-bond acceptors (Lipinski definition) is 11. The molecule has 10 atom stereocenters. The van der Waals surface area contributed by atoms with Gasteiger partial charge in [-0.15, -0.1) is 0 Å². The molecule has 0 unspecified atom stereocenters. The molecule has 2 saturated heterocycles. The lowest BCUT2D eigenvalue weighted by Crippen LogP contribution is -2.64. The lowest BCUT2D eigenvalue weighted by atomic mass is 9.96. The van der Waals surface area contributed by atoms with Gasteiger partial charge in [-0.3, -0.25) is 0 Å². The first kappa shape index (κ1) is 53.7. The van der Waals surface area contributed by atoms with E-state index in [0.717, 1.165) is 50.4 Å². The van der Waals surface area contributed by atoms with Gasteiger partial charge in [0, 0.05) is 0 Å². The first-order chi connectivity index (χ1) is 28.0. The van der Waals surface area contributed by atoms with E-state index >= 15 is 0 Å². The molecule has 58 heavy (non-hydrogen) atoms. The SMILES string of the molecule is CC(C)CCCCCCCCCCCCCCC(CCCCCCCCCCCCCCC(C)C)O[C@@H]1O[C@@H](CO)[C@H](O[C@H]2O[C@@H](CO)[C@@H](O)[C@H](O)[C@@H]2O)[C@H](O)[C@@H]1O. The van der Waals surface area contributed by atoms with Crippen LogP contribution in [0.3, 0.4) is 0 Å². The maximum Gasteiger partial charge on any atom is 0.187 e. The maximum atomic E-state index is 11.2. The van der Waals surface area contributed by atoms with Crippen LogP contribution in [0.2, 0.25) is 0 Å². The zero-order valence-electron chi connectivity index (χ0n) is 37.5. The zero-order chi connectivity index (χ0) is 42.5. The van der Waals surface area contributed by atoms with E-state index in [-0.39, 0.29) is 6.10 Å². The van der Waals surface area contributed by atoms with Crippen LogP contribution in [0.5, 0.6) is 0 Å². The molecule has 346 valence electrons. The van der Waals surface area contributed by atoms with Crippen molar-refractivity contribution in [3.63, 3.8) is 0 Å². The highest BCUT2D eigenvalue weighted by Gasteiger charge is 2.51. The fraction of sp³-hybridized carbons (Fsp3) is 1.00. The molecule has 0 aromatic rings. The number of aliphatic hydroxyl groups is 7. The first-order valence-electron chi connectivity index (χ1n) is 24.2. The number of rotatable bonds is 36. The highest BCUT2D eigenvalue weighted by atomic mass is 16.7. The number of aliphatic hydroxyl groups excluding tert-OH is 7. The molecule has 0 aromatic carbocycles. The van der Waals surface area contributed by atoms with Crippen molar-refractivity contribution in [2.24, 2.45) is 11.8 Å². The second-order valence-electron chi connectivity index (χ2n) is 18.7. The highest BCUT2D eigenvalue weighted by molar-refractivity contribution is 4.94. The van der Waals surface area contributed by atoms with Gasteiger partial charge in [0.1, 0.15) is 48.8 Å². The molecule has 2 fully saturated rings. The van der Waals surface area contributed by atoms with Crippen molar-refractivity contribution in [2.75, 3.05) is 13.2 Å². The van der Waals surface area contributed by atoms with Crippen molar-refractivity contribution >= 4 is 0 Å². The van der Waals surface area contributed by atoms with Gasteiger partial charge in [0.15, 0.2) is 12.6 Å². The third-order valence-electron chi connectivity index (χ3n) is 12.4. The van der Waals surface area contributed by atoms with Gasteiger partial charge in [-0.1, -0.05) is 195 Å². The number of unbranched alkanes of at least 4 members (excludes halogenated alkanes) is 22. The summed E-state index contributed by atoms with van der Waals surface area (Å²) in [5.41, 5.74) is 0. The summed E-state index contributed by atoms with van der Waals surface area (Å²) in [6.07, 6.45) is 20.2. The number of ether oxygens (including phenoxy) is 4. The van der Waals surface area contributed by atoms with Crippen molar-refractivity contribution < 1.29 is 54.7 Å². The molecule has 0 radical (unpaired) electrons. The molecule has 0 spiro atoms. The Labute approximate surface area is 354 Å². The molecule has 0 bridgehead atoms. The molecule has 2 aliphatic heterocycles. The molecule has 0 aliphatic carbocycles. The predicted molar refractivity (Wildman–Crippen MR) is 230 cm³/mol. The average Bonchev–Trinajstić information content (AvgIpc) is 3.20. The van der Waals surface area contributed by atoms with Gasteiger partial charge in [0.25, 0.3) is 0 Å². The highest BCUT2D eigenvalue weighted by Crippen LogP contribution is 2.31. The summed E-state index contributed by atoms with van der Waals surface area (Å²) in [7, 11) is 0. The van der Waals surface area contributed by atoms with Gasteiger partial charge < -0.3 is 54.7 Å². The van der Waals surface area contributed by atoms with Gasteiger partial charge in [0.05, 0.1) is 19.3 Å². The van der Waals surface area contributed by atoms with Crippen molar-refractivity contribution in [3.8, 4) is 0 Å². The van der Waals surface area contributed by atoms with Crippen molar-refractivity contribution in [1.82, 2.24) is 0 Å². The Kier molecular flexibility index (Phi) is 30.7. The van der Waals surface area contributed by atoms with Crippen LogP contribution in [0.15, 0.2) is 0 Å². The molecule has 2 rings (SSSR count). The maximum absolute atomic E-state index is 11.2. The Morgan fingerprint density at radius 3 is 1.07 bits per heavy atom. The smallest absolute Gasteiger partial charge is 0.187 e. The summed E-state index contributed by atoms with van der Waals surface area (Å²) in [5.74, 6) is 1.63. The zero-order valence-corrected chi connectivity index (χ0v) is 37.5. The summed E-state index contributed by atoms with van der Waals surface area (Å²) in [5, 5.41) is 73.0. The second kappa shape index (κ2) is 33.2. The van der Waals surface area contributed by atoms with Crippen LogP contribution in [-0.2, 0) is 18.9 Å².